The number of hydrogen-bond acceptors (Lipinski definition) is 4. The van der Waals surface area contributed by atoms with E-state index in [-0.39, 0.29) is 22.9 Å². The van der Waals surface area contributed by atoms with Crippen molar-refractivity contribution in [1.82, 2.24) is 21.3 Å². The first kappa shape index (κ1) is 17.9. The van der Waals surface area contributed by atoms with Gasteiger partial charge in [0, 0.05) is 13.1 Å². The first-order valence-corrected chi connectivity index (χ1v) is 8.82. The molecule has 0 radical (unpaired) electrons. The van der Waals surface area contributed by atoms with Gasteiger partial charge in [0.05, 0.1) is 11.1 Å². The van der Waals surface area contributed by atoms with Gasteiger partial charge in [0.2, 0.25) is 11.8 Å². The molecule has 0 bridgehead atoms. The van der Waals surface area contributed by atoms with Gasteiger partial charge in [-0.1, -0.05) is 12.1 Å². The molecule has 3 rings (SSSR count). The lowest BCUT2D eigenvalue weighted by Crippen LogP contribution is -2.51. The molecule has 2 aliphatic rings. The number of piperidine rings is 2. The number of carbonyl (C=O) groups is 4. The molecule has 0 spiro atoms. The lowest BCUT2D eigenvalue weighted by atomic mass is 10.0. The summed E-state index contributed by atoms with van der Waals surface area (Å²) in [6.45, 7) is 1.21. The minimum absolute atomic E-state index is 0.180. The monoisotopic (exact) mass is 358 g/mol. The molecule has 2 heterocycles. The van der Waals surface area contributed by atoms with Crippen LogP contribution in [0.5, 0.6) is 0 Å². The van der Waals surface area contributed by atoms with Gasteiger partial charge in [0.1, 0.15) is 12.1 Å². The van der Waals surface area contributed by atoms with Crippen LogP contribution < -0.4 is 21.3 Å². The Balaban J connectivity index is 1.72. The Morgan fingerprint density at radius 2 is 1.23 bits per heavy atom. The lowest BCUT2D eigenvalue weighted by molar-refractivity contribution is -0.125. The summed E-state index contributed by atoms with van der Waals surface area (Å²) in [5.74, 6) is -1.40. The quantitative estimate of drug-likeness (QED) is 0.591. The fourth-order valence-corrected chi connectivity index (χ4v) is 3.17. The summed E-state index contributed by atoms with van der Waals surface area (Å²) in [5, 5.41) is 10.8. The van der Waals surface area contributed by atoms with Gasteiger partial charge in [-0.3, -0.25) is 19.2 Å². The smallest absolute Gasteiger partial charge is 0.252 e. The largest absolute Gasteiger partial charge is 0.354 e. The van der Waals surface area contributed by atoms with E-state index in [9.17, 15) is 19.2 Å². The molecule has 4 amide bonds. The fourth-order valence-electron chi connectivity index (χ4n) is 3.17. The molecule has 2 saturated heterocycles. The highest BCUT2D eigenvalue weighted by atomic mass is 16.2. The highest BCUT2D eigenvalue weighted by Gasteiger charge is 2.28. The minimum Gasteiger partial charge on any atom is -0.354 e. The maximum absolute atomic E-state index is 12.6. The van der Waals surface area contributed by atoms with E-state index in [2.05, 4.69) is 21.3 Å². The minimum atomic E-state index is -0.600. The van der Waals surface area contributed by atoms with Crippen LogP contribution in [0.15, 0.2) is 24.3 Å². The number of hydrogen-bond donors (Lipinski definition) is 4. The SMILES string of the molecule is O=C(N[C@H]1CCCNC1=O)c1ccccc1C(=O)N[C@@H]1CCCNC1=O. The zero-order chi connectivity index (χ0) is 18.5. The summed E-state index contributed by atoms with van der Waals surface area (Å²) in [5.41, 5.74) is 0.360. The van der Waals surface area contributed by atoms with Crippen LogP contribution in [0.2, 0.25) is 0 Å². The average Bonchev–Trinajstić information content (AvgIpc) is 2.65. The molecule has 2 atom stereocenters. The van der Waals surface area contributed by atoms with Crippen LogP contribution in [0.3, 0.4) is 0 Å². The molecular weight excluding hydrogens is 336 g/mol. The maximum Gasteiger partial charge on any atom is 0.252 e. The Morgan fingerprint density at radius 3 is 1.62 bits per heavy atom. The average molecular weight is 358 g/mol. The van der Waals surface area contributed by atoms with Gasteiger partial charge in [0.25, 0.3) is 11.8 Å². The summed E-state index contributed by atoms with van der Waals surface area (Å²) in [6.07, 6.45) is 2.70. The van der Waals surface area contributed by atoms with Crippen LogP contribution in [0, 0.1) is 0 Å². The standard InChI is InChI=1S/C18H22N4O4/c23-15(21-13-7-3-9-19-17(13)25)11-5-1-2-6-12(11)16(24)22-14-8-4-10-20-18(14)26/h1-2,5-6,13-14H,3-4,7-10H2,(H,19,25)(H,20,26)(H,21,23)(H,22,24)/t13-,14+. The van der Waals surface area contributed by atoms with Crippen LogP contribution in [0.25, 0.3) is 0 Å². The van der Waals surface area contributed by atoms with E-state index in [0.717, 1.165) is 12.8 Å². The molecule has 0 unspecified atom stereocenters. The molecule has 2 fully saturated rings. The highest BCUT2D eigenvalue weighted by Crippen LogP contribution is 2.12. The van der Waals surface area contributed by atoms with E-state index in [0.29, 0.717) is 25.9 Å². The molecule has 0 aromatic heterocycles. The molecule has 1 aromatic rings. The molecule has 26 heavy (non-hydrogen) atoms. The van der Waals surface area contributed by atoms with Crippen molar-refractivity contribution in [3.05, 3.63) is 35.4 Å². The first-order chi connectivity index (χ1) is 12.6. The third-order valence-corrected chi connectivity index (χ3v) is 4.60. The lowest BCUT2D eigenvalue weighted by Gasteiger charge is -2.24. The van der Waals surface area contributed by atoms with Crippen molar-refractivity contribution in [3.8, 4) is 0 Å². The van der Waals surface area contributed by atoms with E-state index in [1.165, 1.54) is 12.1 Å². The van der Waals surface area contributed by atoms with Gasteiger partial charge in [-0.05, 0) is 37.8 Å². The van der Waals surface area contributed by atoms with Gasteiger partial charge in [0.15, 0.2) is 0 Å². The Labute approximate surface area is 151 Å². The summed E-state index contributed by atoms with van der Waals surface area (Å²) < 4.78 is 0. The molecule has 2 aliphatic heterocycles. The molecule has 0 saturated carbocycles. The van der Waals surface area contributed by atoms with Crippen molar-refractivity contribution in [2.75, 3.05) is 13.1 Å². The number of carbonyl (C=O) groups excluding carboxylic acids is 4. The molecule has 138 valence electrons. The van der Waals surface area contributed by atoms with E-state index in [1.54, 1.807) is 12.1 Å². The van der Waals surface area contributed by atoms with Gasteiger partial charge in [-0.25, -0.2) is 0 Å². The first-order valence-electron chi connectivity index (χ1n) is 8.82. The van der Waals surface area contributed by atoms with Crippen molar-refractivity contribution in [2.45, 2.75) is 37.8 Å². The third kappa shape index (κ3) is 4.01. The Morgan fingerprint density at radius 1 is 0.808 bits per heavy atom. The van der Waals surface area contributed by atoms with Gasteiger partial charge >= 0.3 is 0 Å². The second kappa shape index (κ2) is 7.99. The number of rotatable bonds is 4. The van der Waals surface area contributed by atoms with Crippen molar-refractivity contribution in [3.63, 3.8) is 0 Å². The van der Waals surface area contributed by atoms with E-state index >= 15 is 0 Å². The molecular formula is C18H22N4O4. The molecule has 8 nitrogen and oxygen atoms in total. The van der Waals surface area contributed by atoms with Crippen molar-refractivity contribution in [2.24, 2.45) is 0 Å². The van der Waals surface area contributed by atoms with Crippen molar-refractivity contribution < 1.29 is 19.2 Å². The highest BCUT2D eigenvalue weighted by molar-refractivity contribution is 6.09. The summed E-state index contributed by atoms with van der Waals surface area (Å²) >= 11 is 0. The number of nitrogens with one attached hydrogen (secondary N) is 4. The fraction of sp³-hybridized carbons (Fsp3) is 0.444. The van der Waals surface area contributed by atoms with Crippen LogP contribution in [-0.4, -0.2) is 48.8 Å². The molecule has 8 heteroatoms. The van der Waals surface area contributed by atoms with Crippen LogP contribution >= 0.6 is 0 Å². The zero-order valence-corrected chi connectivity index (χ0v) is 14.3. The van der Waals surface area contributed by atoms with E-state index in [1.807, 2.05) is 0 Å². The molecule has 1 aromatic carbocycles. The number of amides is 4. The summed E-state index contributed by atoms with van der Waals surface area (Å²) in [4.78, 5) is 48.8. The van der Waals surface area contributed by atoms with Crippen LogP contribution in [-0.2, 0) is 9.59 Å². The van der Waals surface area contributed by atoms with Crippen molar-refractivity contribution >= 4 is 23.6 Å². The van der Waals surface area contributed by atoms with Gasteiger partial charge < -0.3 is 21.3 Å². The maximum atomic E-state index is 12.6. The van der Waals surface area contributed by atoms with E-state index in [4.69, 9.17) is 0 Å². The molecule has 0 aliphatic carbocycles. The summed E-state index contributed by atoms with van der Waals surface area (Å²) in [6, 6.07) is 5.17. The normalized spacial score (nSPS) is 22.8. The van der Waals surface area contributed by atoms with Gasteiger partial charge in [-0.15, -0.1) is 0 Å². The third-order valence-electron chi connectivity index (χ3n) is 4.60. The summed E-state index contributed by atoms with van der Waals surface area (Å²) in [7, 11) is 0. The Hall–Kier alpha value is -2.90. The molecule has 4 N–H and O–H groups in total. The van der Waals surface area contributed by atoms with Crippen molar-refractivity contribution in [1.29, 1.82) is 0 Å². The van der Waals surface area contributed by atoms with E-state index < -0.39 is 23.9 Å². The zero-order valence-electron chi connectivity index (χ0n) is 14.3. The van der Waals surface area contributed by atoms with Crippen LogP contribution in [0.4, 0.5) is 0 Å². The second-order valence-corrected chi connectivity index (χ2v) is 6.46. The topological polar surface area (TPSA) is 116 Å². The van der Waals surface area contributed by atoms with Crippen LogP contribution in [0.1, 0.15) is 46.4 Å². The Bertz CT molecular complexity index is 673. The predicted molar refractivity (Wildman–Crippen MR) is 93.4 cm³/mol. The number of benzene rings is 1. The predicted octanol–water partition coefficient (Wildman–Crippen LogP) is -0.297. The Kier molecular flexibility index (Phi) is 5.50. The second-order valence-electron chi connectivity index (χ2n) is 6.46. The van der Waals surface area contributed by atoms with Gasteiger partial charge in [-0.2, -0.15) is 0 Å².